The highest BCUT2D eigenvalue weighted by Crippen LogP contribution is 2.17. The predicted molar refractivity (Wildman–Crippen MR) is 80.6 cm³/mol. The molecular weight excluding hydrogens is 341 g/mol. The van der Waals surface area contributed by atoms with Crippen LogP contribution in [0.1, 0.15) is 15.9 Å². The second-order valence-corrected chi connectivity index (χ2v) is 5.08. The highest BCUT2D eigenvalue weighted by molar-refractivity contribution is 9.10. The SMILES string of the molecule is O=C(/C=C/c1cc(Br)ccc1F)c1ccc([N+](=O)[O-])cc1. The number of nitrogens with zero attached hydrogens (tertiary/aromatic N) is 1. The summed E-state index contributed by atoms with van der Waals surface area (Å²) in [5, 5.41) is 10.5. The lowest BCUT2D eigenvalue weighted by atomic mass is 10.1. The number of nitro groups is 1. The third-order valence-corrected chi connectivity index (χ3v) is 3.23. The zero-order valence-electron chi connectivity index (χ0n) is 10.6. The Labute approximate surface area is 128 Å². The molecule has 2 aromatic carbocycles. The first-order chi connectivity index (χ1) is 9.97. The van der Waals surface area contributed by atoms with Crippen LogP contribution in [0.3, 0.4) is 0 Å². The van der Waals surface area contributed by atoms with Crippen molar-refractivity contribution in [2.75, 3.05) is 0 Å². The minimum Gasteiger partial charge on any atom is -0.289 e. The molecule has 2 aromatic rings. The topological polar surface area (TPSA) is 60.2 Å². The molecule has 4 nitrogen and oxygen atoms in total. The van der Waals surface area contributed by atoms with Gasteiger partial charge in [-0.3, -0.25) is 14.9 Å². The van der Waals surface area contributed by atoms with E-state index in [-0.39, 0.29) is 17.0 Å². The van der Waals surface area contributed by atoms with Gasteiger partial charge in [0.05, 0.1) is 4.92 Å². The van der Waals surface area contributed by atoms with E-state index in [4.69, 9.17) is 0 Å². The summed E-state index contributed by atoms with van der Waals surface area (Å²) < 4.78 is 14.2. The zero-order chi connectivity index (χ0) is 15.4. The van der Waals surface area contributed by atoms with Crippen LogP contribution in [-0.2, 0) is 0 Å². The summed E-state index contributed by atoms with van der Waals surface area (Å²) >= 11 is 3.22. The molecule has 0 N–H and O–H groups in total. The number of benzene rings is 2. The number of ketones is 1. The van der Waals surface area contributed by atoms with Crippen LogP contribution in [0, 0.1) is 15.9 Å². The number of allylic oxidation sites excluding steroid dienone is 1. The lowest BCUT2D eigenvalue weighted by Gasteiger charge is -1.98. The molecule has 0 unspecified atom stereocenters. The van der Waals surface area contributed by atoms with Crippen molar-refractivity contribution < 1.29 is 14.1 Å². The highest BCUT2D eigenvalue weighted by atomic mass is 79.9. The van der Waals surface area contributed by atoms with Gasteiger partial charge < -0.3 is 0 Å². The summed E-state index contributed by atoms with van der Waals surface area (Å²) in [4.78, 5) is 21.9. The first-order valence-corrected chi connectivity index (χ1v) is 6.68. The zero-order valence-corrected chi connectivity index (χ0v) is 12.2. The van der Waals surface area contributed by atoms with Crippen molar-refractivity contribution in [2.24, 2.45) is 0 Å². The fraction of sp³-hybridized carbons (Fsp3) is 0. The average molecular weight is 350 g/mol. The molecule has 0 bridgehead atoms. The standard InChI is InChI=1S/C15H9BrFNO3/c16-12-4-7-14(17)11(9-12)3-8-15(19)10-1-5-13(6-2-10)18(20)21/h1-9H/b8-3+. The van der Waals surface area contributed by atoms with E-state index in [2.05, 4.69) is 15.9 Å². The van der Waals surface area contributed by atoms with Gasteiger partial charge in [0.25, 0.3) is 5.69 Å². The van der Waals surface area contributed by atoms with Crippen molar-refractivity contribution in [3.05, 3.63) is 80.1 Å². The number of rotatable bonds is 4. The maximum atomic E-state index is 13.5. The fourth-order valence-electron chi connectivity index (χ4n) is 1.65. The molecule has 0 radical (unpaired) electrons. The van der Waals surface area contributed by atoms with E-state index >= 15 is 0 Å². The first kappa shape index (κ1) is 15.1. The van der Waals surface area contributed by atoms with Gasteiger partial charge in [-0.25, -0.2) is 4.39 Å². The number of hydrogen-bond donors (Lipinski definition) is 0. The van der Waals surface area contributed by atoms with Crippen LogP contribution in [0.2, 0.25) is 0 Å². The van der Waals surface area contributed by atoms with E-state index in [1.165, 1.54) is 42.5 Å². The lowest BCUT2D eigenvalue weighted by molar-refractivity contribution is -0.384. The van der Waals surface area contributed by atoms with Crippen molar-refractivity contribution >= 4 is 33.5 Å². The maximum absolute atomic E-state index is 13.5. The summed E-state index contributed by atoms with van der Waals surface area (Å²) in [5.74, 6) is -0.796. The molecule has 6 heteroatoms. The van der Waals surface area contributed by atoms with Crippen molar-refractivity contribution in [1.29, 1.82) is 0 Å². The van der Waals surface area contributed by atoms with E-state index in [1.54, 1.807) is 12.1 Å². The summed E-state index contributed by atoms with van der Waals surface area (Å²) in [6, 6.07) is 9.63. The molecule has 21 heavy (non-hydrogen) atoms. The Hall–Kier alpha value is -2.34. The minimum atomic E-state index is -0.541. The molecule has 0 fully saturated rings. The third kappa shape index (κ3) is 3.82. The van der Waals surface area contributed by atoms with Gasteiger partial charge in [0.1, 0.15) is 5.82 Å². The number of nitro benzene ring substituents is 1. The second-order valence-electron chi connectivity index (χ2n) is 4.17. The van der Waals surface area contributed by atoms with Gasteiger partial charge in [-0.1, -0.05) is 15.9 Å². The molecule has 0 aromatic heterocycles. The number of carbonyl (C=O) groups excluding carboxylic acids is 1. The maximum Gasteiger partial charge on any atom is 0.269 e. The Morgan fingerprint density at radius 1 is 1.19 bits per heavy atom. The minimum absolute atomic E-state index is 0.0893. The van der Waals surface area contributed by atoms with Crippen molar-refractivity contribution in [2.45, 2.75) is 0 Å². The van der Waals surface area contributed by atoms with Gasteiger partial charge in [-0.15, -0.1) is 0 Å². The van der Waals surface area contributed by atoms with Crippen LogP contribution < -0.4 is 0 Å². The van der Waals surface area contributed by atoms with Crippen LogP contribution in [0.5, 0.6) is 0 Å². The summed E-state index contributed by atoms with van der Waals surface area (Å²) in [6.45, 7) is 0. The largest absolute Gasteiger partial charge is 0.289 e. The molecule has 2 rings (SSSR count). The lowest BCUT2D eigenvalue weighted by Crippen LogP contribution is -1.95. The molecule has 0 amide bonds. The second kappa shape index (κ2) is 6.41. The Morgan fingerprint density at radius 3 is 2.48 bits per heavy atom. The first-order valence-electron chi connectivity index (χ1n) is 5.89. The van der Waals surface area contributed by atoms with Crippen molar-refractivity contribution in [3.8, 4) is 0 Å². The van der Waals surface area contributed by atoms with Crippen LogP contribution in [0.15, 0.2) is 53.0 Å². The Bertz CT molecular complexity index is 726. The molecule has 0 spiro atoms. The molecule has 0 aliphatic heterocycles. The van der Waals surface area contributed by atoms with Gasteiger partial charge in [-0.05, 0) is 42.5 Å². The molecule has 0 aliphatic rings. The Kier molecular flexibility index (Phi) is 4.59. The van der Waals surface area contributed by atoms with E-state index in [9.17, 15) is 19.3 Å². The quantitative estimate of drug-likeness (QED) is 0.356. The summed E-state index contributed by atoms with van der Waals surface area (Å²) in [7, 11) is 0. The number of hydrogen-bond acceptors (Lipinski definition) is 3. The van der Waals surface area contributed by atoms with Crippen LogP contribution in [-0.4, -0.2) is 10.7 Å². The summed E-state index contributed by atoms with van der Waals surface area (Å²) in [6.07, 6.45) is 2.59. The van der Waals surface area contributed by atoms with E-state index in [0.717, 1.165) is 0 Å². The number of non-ortho nitro benzene ring substituents is 1. The predicted octanol–water partition coefficient (Wildman–Crippen LogP) is 4.39. The number of carbonyl (C=O) groups is 1. The van der Waals surface area contributed by atoms with Gasteiger partial charge >= 0.3 is 0 Å². The van der Waals surface area contributed by atoms with Crippen LogP contribution in [0.25, 0.3) is 6.08 Å². The Morgan fingerprint density at radius 2 is 1.86 bits per heavy atom. The molecule has 0 saturated carbocycles. The normalized spacial score (nSPS) is 10.8. The van der Waals surface area contributed by atoms with Gasteiger partial charge in [-0.2, -0.15) is 0 Å². The molecule has 0 saturated heterocycles. The average Bonchev–Trinajstić information content (AvgIpc) is 2.48. The molecule has 0 atom stereocenters. The Balaban J connectivity index is 2.19. The van der Waals surface area contributed by atoms with Gasteiger partial charge in [0.2, 0.25) is 0 Å². The molecule has 0 heterocycles. The van der Waals surface area contributed by atoms with E-state index in [0.29, 0.717) is 10.0 Å². The fourth-order valence-corrected chi connectivity index (χ4v) is 2.03. The van der Waals surface area contributed by atoms with Crippen molar-refractivity contribution in [1.82, 2.24) is 0 Å². The van der Waals surface area contributed by atoms with Crippen molar-refractivity contribution in [3.63, 3.8) is 0 Å². The number of halogens is 2. The third-order valence-electron chi connectivity index (χ3n) is 2.73. The van der Waals surface area contributed by atoms with Gasteiger partial charge in [0, 0.05) is 27.7 Å². The van der Waals surface area contributed by atoms with Crippen LogP contribution in [0.4, 0.5) is 10.1 Å². The molecular formula is C15H9BrFNO3. The summed E-state index contributed by atoms with van der Waals surface area (Å²) in [5.41, 5.74) is 0.487. The molecule has 0 aliphatic carbocycles. The van der Waals surface area contributed by atoms with Gasteiger partial charge in [0.15, 0.2) is 5.78 Å². The molecule has 106 valence electrons. The van der Waals surface area contributed by atoms with Crippen LogP contribution >= 0.6 is 15.9 Å². The highest BCUT2D eigenvalue weighted by Gasteiger charge is 2.07. The smallest absolute Gasteiger partial charge is 0.269 e. The van der Waals surface area contributed by atoms with E-state index in [1.807, 2.05) is 0 Å². The monoisotopic (exact) mass is 349 g/mol. The van der Waals surface area contributed by atoms with E-state index < -0.39 is 10.7 Å².